The van der Waals surface area contributed by atoms with Crippen LogP contribution in [-0.2, 0) is 4.79 Å². The number of aryl methyl sites for hydroxylation is 1. The van der Waals surface area contributed by atoms with E-state index in [0.717, 1.165) is 5.56 Å². The van der Waals surface area contributed by atoms with Crippen molar-refractivity contribution in [3.05, 3.63) is 42.2 Å². The molecule has 0 aliphatic heterocycles. The molecular weight excluding hydrogens is 285 g/mol. The number of rotatable bonds is 2. The average Bonchev–Trinajstić information content (AvgIpc) is 2.42. The fourth-order valence-corrected chi connectivity index (χ4v) is 1.83. The number of hydrogen-bond donors (Lipinski definition) is 2. The van der Waals surface area contributed by atoms with Gasteiger partial charge in [-0.25, -0.2) is 0 Å². The maximum atomic E-state index is 12.2. The Kier molecular flexibility index (Phi) is 3.84. The molecule has 2 rings (SSSR count). The third kappa shape index (κ3) is 3.31. The van der Waals surface area contributed by atoms with Gasteiger partial charge in [0.05, 0.1) is 5.69 Å². The van der Waals surface area contributed by atoms with Crippen LogP contribution in [0.15, 0.2) is 36.7 Å². The number of carbonyl (C=O) groups is 1. The Balaban J connectivity index is 2.36. The first-order valence-electron chi connectivity index (χ1n) is 5.91. The number of anilines is 1. The van der Waals surface area contributed by atoms with Crippen molar-refractivity contribution < 1.29 is 23.1 Å². The minimum absolute atomic E-state index is 0.285. The smallest absolute Gasteiger partial charge is 0.471 e. The summed E-state index contributed by atoms with van der Waals surface area (Å²) in [4.78, 5) is 14.8. The molecule has 0 bridgehead atoms. The third-order valence-electron chi connectivity index (χ3n) is 2.84. The highest BCUT2D eigenvalue weighted by atomic mass is 19.4. The molecule has 0 radical (unpaired) electrons. The number of phenolic OH excluding ortho intramolecular Hbond substituents is 1. The SMILES string of the molecule is Cc1cc(NC(=O)C(F)(F)F)c(O)cc1-c1ccncc1. The predicted molar refractivity (Wildman–Crippen MR) is 70.8 cm³/mol. The number of benzene rings is 1. The highest BCUT2D eigenvalue weighted by molar-refractivity contribution is 5.96. The molecule has 0 fully saturated rings. The van der Waals surface area contributed by atoms with E-state index in [0.29, 0.717) is 11.1 Å². The van der Waals surface area contributed by atoms with Crippen LogP contribution in [0.3, 0.4) is 0 Å². The normalized spacial score (nSPS) is 11.2. The lowest BCUT2D eigenvalue weighted by atomic mass is 10.0. The van der Waals surface area contributed by atoms with Crippen LogP contribution >= 0.6 is 0 Å². The summed E-state index contributed by atoms with van der Waals surface area (Å²) < 4.78 is 36.6. The van der Waals surface area contributed by atoms with Gasteiger partial charge < -0.3 is 10.4 Å². The molecule has 0 atom stereocenters. The van der Waals surface area contributed by atoms with Crippen molar-refractivity contribution in [1.29, 1.82) is 0 Å². The number of aromatic nitrogens is 1. The maximum absolute atomic E-state index is 12.2. The molecule has 0 saturated carbocycles. The zero-order valence-electron chi connectivity index (χ0n) is 10.9. The van der Waals surface area contributed by atoms with Gasteiger partial charge in [0.15, 0.2) is 0 Å². The molecule has 110 valence electrons. The highest BCUT2D eigenvalue weighted by Gasteiger charge is 2.39. The molecule has 0 saturated heterocycles. The zero-order valence-corrected chi connectivity index (χ0v) is 10.9. The van der Waals surface area contributed by atoms with Crippen LogP contribution in [0.4, 0.5) is 18.9 Å². The van der Waals surface area contributed by atoms with E-state index in [1.807, 2.05) is 0 Å². The van der Waals surface area contributed by atoms with E-state index in [4.69, 9.17) is 0 Å². The molecule has 0 aliphatic rings. The predicted octanol–water partition coefficient (Wildman–Crippen LogP) is 3.26. The number of carbonyl (C=O) groups excluding carboxylic acids is 1. The number of alkyl halides is 3. The van der Waals surface area contributed by atoms with Crippen molar-refractivity contribution in [2.45, 2.75) is 13.1 Å². The van der Waals surface area contributed by atoms with Gasteiger partial charge in [0, 0.05) is 12.4 Å². The monoisotopic (exact) mass is 296 g/mol. The molecule has 0 spiro atoms. The Hall–Kier alpha value is -2.57. The van der Waals surface area contributed by atoms with Crippen LogP contribution in [0.2, 0.25) is 0 Å². The summed E-state index contributed by atoms with van der Waals surface area (Å²) in [6, 6.07) is 6.00. The van der Waals surface area contributed by atoms with Crippen molar-refractivity contribution in [3.8, 4) is 16.9 Å². The van der Waals surface area contributed by atoms with Gasteiger partial charge in [-0.2, -0.15) is 13.2 Å². The average molecular weight is 296 g/mol. The van der Waals surface area contributed by atoms with Crippen LogP contribution in [0.5, 0.6) is 5.75 Å². The molecule has 1 amide bonds. The Bertz CT molecular complexity index is 670. The molecule has 0 aliphatic carbocycles. The number of nitrogens with zero attached hydrogens (tertiary/aromatic N) is 1. The molecule has 1 aromatic heterocycles. The van der Waals surface area contributed by atoms with Crippen molar-refractivity contribution >= 4 is 11.6 Å². The molecule has 2 aromatic rings. The topological polar surface area (TPSA) is 62.2 Å². The van der Waals surface area contributed by atoms with Crippen LogP contribution in [0, 0.1) is 6.92 Å². The Morgan fingerprint density at radius 1 is 1.24 bits per heavy atom. The summed E-state index contributed by atoms with van der Waals surface area (Å²) in [5.74, 6) is -2.57. The van der Waals surface area contributed by atoms with Crippen LogP contribution in [0.25, 0.3) is 11.1 Å². The van der Waals surface area contributed by atoms with Gasteiger partial charge in [0.2, 0.25) is 0 Å². The molecule has 1 aromatic carbocycles. The lowest BCUT2D eigenvalue weighted by molar-refractivity contribution is -0.167. The van der Waals surface area contributed by atoms with E-state index in [-0.39, 0.29) is 5.69 Å². The quantitative estimate of drug-likeness (QED) is 0.836. The molecule has 0 unspecified atom stereocenters. The number of pyridine rings is 1. The number of aromatic hydroxyl groups is 1. The first-order chi connectivity index (χ1) is 9.79. The van der Waals surface area contributed by atoms with E-state index in [1.54, 1.807) is 36.8 Å². The first-order valence-corrected chi connectivity index (χ1v) is 5.91. The summed E-state index contributed by atoms with van der Waals surface area (Å²) in [6.45, 7) is 1.67. The summed E-state index contributed by atoms with van der Waals surface area (Å²) >= 11 is 0. The molecule has 2 N–H and O–H groups in total. The fraction of sp³-hybridized carbons (Fsp3) is 0.143. The summed E-state index contributed by atoms with van der Waals surface area (Å²) in [5, 5.41) is 11.4. The van der Waals surface area contributed by atoms with E-state index in [2.05, 4.69) is 4.98 Å². The van der Waals surface area contributed by atoms with E-state index < -0.39 is 17.8 Å². The van der Waals surface area contributed by atoms with Crippen LogP contribution in [-0.4, -0.2) is 22.2 Å². The minimum Gasteiger partial charge on any atom is -0.506 e. The largest absolute Gasteiger partial charge is 0.506 e. The van der Waals surface area contributed by atoms with Gasteiger partial charge in [-0.1, -0.05) is 0 Å². The molecule has 4 nitrogen and oxygen atoms in total. The first kappa shape index (κ1) is 14.8. The number of amides is 1. The second-order valence-electron chi connectivity index (χ2n) is 4.37. The van der Waals surface area contributed by atoms with Gasteiger partial charge in [0.25, 0.3) is 0 Å². The van der Waals surface area contributed by atoms with Gasteiger partial charge in [-0.15, -0.1) is 0 Å². The Morgan fingerprint density at radius 2 is 1.86 bits per heavy atom. The van der Waals surface area contributed by atoms with Gasteiger partial charge in [-0.3, -0.25) is 9.78 Å². The molecule has 21 heavy (non-hydrogen) atoms. The van der Waals surface area contributed by atoms with Crippen molar-refractivity contribution in [2.75, 3.05) is 5.32 Å². The van der Waals surface area contributed by atoms with Crippen molar-refractivity contribution in [1.82, 2.24) is 4.98 Å². The Labute approximate surface area is 118 Å². The van der Waals surface area contributed by atoms with E-state index >= 15 is 0 Å². The highest BCUT2D eigenvalue weighted by Crippen LogP contribution is 2.33. The zero-order chi connectivity index (χ0) is 15.6. The summed E-state index contributed by atoms with van der Waals surface area (Å²) in [6.07, 6.45) is -1.89. The van der Waals surface area contributed by atoms with Crippen molar-refractivity contribution in [3.63, 3.8) is 0 Å². The van der Waals surface area contributed by atoms with Crippen molar-refractivity contribution in [2.24, 2.45) is 0 Å². The van der Waals surface area contributed by atoms with Crippen LogP contribution in [0.1, 0.15) is 5.56 Å². The standard InChI is InChI=1S/C14H11F3N2O2/c1-8-6-11(19-13(21)14(15,16)17)12(20)7-10(8)9-2-4-18-5-3-9/h2-7,20H,1H3,(H,19,21). The van der Waals surface area contributed by atoms with E-state index in [1.165, 1.54) is 12.1 Å². The molecular formula is C14H11F3N2O2. The number of halogens is 3. The molecule has 1 heterocycles. The summed E-state index contributed by atoms with van der Waals surface area (Å²) in [5.41, 5.74) is 1.72. The van der Waals surface area contributed by atoms with Gasteiger partial charge in [0.1, 0.15) is 5.75 Å². The van der Waals surface area contributed by atoms with Crippen LogP contribution < -0.4 is 5.32 Å². The number of phenols is 1. The minimum atomic E-state index is -5.01. The lowest BCUT2D eigenvalue weighted by Gasteiger charge is -2.13. The van der Waals surface area contributed by atoms with E-state index in [9.17, 15) is 23.1 Å². The second-order valence-corrected chi connectivity index (χ2v) is 4.37. The second kappa shape index (κ2) is 5.43. The lowest BCUT2D eigenvalue weighted by Crippen LogP contribution is -2.29. The van der Waals surface area contributed by atoms with Gasteiger partial charge in [-0.05, 0) is 47.9 Å². The Morgan fingerprint density at radius 3 is 2.43 bits per heavy atom. The third-order valence-corrected chi connectivity index (χ3v) is 2.84. The number of nitrogens with one attached hydrogen (secondary N) is 1. The fourth-order valence-electron chi connectivity index (χ4n) is 1.83. The summed E-state index contributed by atoms with van der Waals surface area (Å²) in [7, 11) is 0. The van der Waals surface area contributed by atoms with Gasteiger partial charge >= 0.3 is 12.1 Å². The number of hydrogen-bond acceptors (Lipinski definition) is 3. The molecule has 7 heteroatoms. The maximum Gasteiger partial charge on any atom is 0.471 e.